The van der Waals surface area contributed by atoms with Crippen LogP contribution in [0.4, 0.5) is 0 Å². The topological polar surface area (TPSA) is 54.2 Å². The molecule has 2 heterocycles. The molecule has 1 aromatic heterocycles. The molecule has 1 aromatic carbocycles. The first kappa shape index (κ1) is 14.7. The number of nitrogens with one attached hydrogen (secondary N) is 1. The molecule has 1 aliphatic heterocycles. The zero-order valence-corrected chi connectivity index (χ0v) is 13.6. The van der Waals surface area contributed by atoms with Gasteiger partial charge in [-0.1, -0.05) is 12.1 Å². The maximum absolute atomic E-state index is 5.82. The second kappa shape index (κ2) is 6.68. The minimum Gasteiger partial charge on any atom is -0.419 e. The molecule has 0 amide bonds. The molecule has 1 fully saturated rings. The first-order valence-corrected chi connectivity index (χ1v) is 8.03. The van der Waals surface area contributed by atoms with Crippen LogP contribution < -0.4 is 5.32 Å². The van der Waals surface area contributed by atoms with Gasteiger partial charge in [0.25, 0.3) is 0 Å². The summed E-state index contributed by atoms with van der Waals surface area (Å²) in [5, 5.41) is 11.6. The van der Waals surface area contributed by atoms with E-state index in [0.29, 0.717) is 17.8 Å². The Morgan fingerprint density at radius 1 is 1.38 bits per heavy atom. The van der Waals surface area contributed by atoms with E-state index in [0.717, 1.165) is 29.7 Å². The van der Waals surface area contributed by atoms with Gasteiger partial charge < -0.3 is 9.73 Å². The van der Waals surface area contributed by atoms with Gasteiger partial charge in [-0.25, -0.2) is 0 Å². The molecule has 112 valence electrons. The average molecular weight is 351 g/mol. The third-order valence-electron chi connectivity index (χ3n) is 3.85. The molecular weight excluding hydrogens is 332 g/mol. The summed E-state index contributed by atoms with van der Waals surface area (Å²) in [4.78, 5) is 2.41. The summed E-state index contributed by atoms with van der Waals surface area (Å²) in [6.45, 7) is 2.83. The first-order chi connectivity index (χ1) is 10.3. The Morgan fingerprint density at radius 3 is 3.05 bits per heavy atom. The molecule has 1 atom stereocenters. The summed E-state index contributed by atoms with van der Waals surface area (Å²) in [7, 11) is 1.99. The van der Waals surface area contributed by atoms with Crippen molar-refractivity contribution in [2.24, 2.45) is 0 Å². The third-order valence-corrected chi connectivity index (χ3v) is 4.54. The van der Waals surface area contributed by atoms with Gasteiger partial charge in [0, 0.05) is 17.1 Å². The van der Waals surface area contributed by atoms with Crippen LogP contribution in [0.25, 0.3) is 11.5 Å². The number of benzene rings is 1. The normalized spacial score (nSPS) is 19.2. The van der Waals surface area contributed by atoms with Crippen LogP contribution >= 0.6 is 15.9 Å². The predicted molar refractivity (Wildman–Crippen MR) is 84.8 cm³/mol. The monoisotopic (exact) mass is 350 g/mol. The highest BCUT2D eigenvalue weighted by molar-refractivity contribution is 9.10. The Balaban J connectivity index is 1.72. The van der Waals surface area contributed by atoms with Crippen LogP contribution in [-0.4, -0.2) is 41.3 Å². The number of halogens is 1. The average Bonchev–Trinajstić information content (AvgIpc) is 3.11. The van der Waals surface area contributed by atoms with Gasteiger partial charge in [-0.3, -0.25) is 4.90 Å². The van der Waals surface area contributed by atoms with Crippen LogP contribution in [0.15, 0.2) is 33.2 Å². The Bertz CT molecular complexity index is 601. The molecule has 0 bridgehead atoms. The van der Waals surface area contributed by atoms with E-state index < -0.39 is 0 Å². The summed E-state index contributed by atoms with van der Waals surface area (Å²) >= 11 is 3.51. The maximum atomic E-state index is 5.82. The van der Waals surface area contributed by atoms with Gasteiger partial charge in [0.05, 0.1) is 12.1 Å². The van der Waals surface area contributed by atoms with E-state index in [-0.39, 0.29) is 0 Å². The van der Waals surface area contributed by atoms with Gasteiger partial charge in [-0.15, -0.1) is 10.2 Å². The largest absolute Gasteiger partial charge is 0.419 e. The van der Waals surface area contributed by atoms with Crippen molar-refractivity contribution in [1.29, 1.82) is 0 Å². The minimum atomic E-state index is 0.564. The van der Waals surface area contributed by atoms with E-state index >= 15 is 0 Å². The molecule has 21 heavy (non-hydrogen) atoms. The van der Waals surface area contributed by atoms with Crippen LogP contribution in [0.2, 0.25) is 0 Å². The van der Waals surface area contributed by atoms with Crippen molar-refractivity contribution in [3.8, 4) is 11.5 Å². The van der Waals surface area contributed by atoms with Crippen molar-refractivity contribution in [2.45, 2.75) is 25.4 Å². The highest BCUT2D eigenvalue weighted by Gasteiger charge is 2.25. The third kappa shape index (κ3) is 3.33. The van der Waals surface area contributed by atoms with Crippen molar-refractivity contribution in [3.05, 3.63) is 34.6 Å². The van der Waals surface area contributed by atoms with E-state index in [4.69, 9.17) is 4.42 Å². The van der Waals surface area contributed by atoms with E-state index in [1.54, 1.807) is 0 Å². The highest BCUT2D eigenvalue weighted by Crippen LogP contribution is 2.27. The Morgan fingerprint density at radius 2 is 2.24 bits per heavy atom. The first-order valence-electron chi connectivity index (χ1n) is 7.24. The van der Waals surface area contributed by atoms with Crippen LogP contribution in [0, 0.1) is 0 Å². The quantitative estimate of drug-likeness (QED) is 0.898. The fourth-order valence-electron chi connectivity index (χ4n) is 2.80. The van der Waals surface area contributed by atoms with Crippen molar-refractivity contribution < 1.29 is 4.42 Å². The molecule has 2 aromatic rings. The van der Waals surface area contributed by atoms with E-state index in [1.807, 2.05) is 31.3 Å². The molecule has 0 radical (unpaired) electrons. The number of hydrogen-bond donors (Lipinski definition) is 1. The number of rotatable bonds is 5. The zero-order chi connectivity index (χ0) is 14.7. The zero-order valence-electron chi connectivity index (χ0n) is 12.1. The standard InChI is InChI=1S/C15H19BrN4O/c1-17-9-11-5-4-8-20(11)10-14-18-19-15(21-14)12-6-2-3-7-13(12)16/h2-3,6-7,11,17H,4-5,8-10H2,1H3. The van der Waals surface area contributed by atoms with Crippen LogP contribution in [-0.2, 0) is 6.54 Å². The molecule has 0 aliphatic carbocycles. The molecule has 1 N–H and O–H groups in total. The fourth-order valence-corrected chi connectivity index (χ4v) is 3.26. The Kier molecular flexibility index (Phi) is 4.67. The van der Waals surface area contributed by atoms with Gasteiger partial charge in [0.15, 0.2) is 0 Å². The second-order valence-electron chi connectivity index (χ2n) is 5.31. The van der Waals surface area contributed by atoms with Crippen molar-refractivity contribution in [3.63, 3.8) is 0 Å². The lowest BCUT2D eigenvalue weighted by atomic mass is 10.2. The fraction of sp³-hybridized carbons (Fsp3) is 0.467. The summed E-state index contributed by atoms with van der Waals surface area (Å²) in [6, 6.07) is 8.45. The van der Waals surface area contributed by atoms with Crippen molar-refractivity contribution in [2.75, 3.05) is 20.1 Å². The van der Waals surface area contributed by atoms with Gasteiger partial charge in [0.1, 0.15) is 0 Å². The summed E-state index contributed by atoms with van der Waals surface area (Å²) in [5.74, 6) is 1.26. The molecule has 1 saturated heterocycles. The van der Waals surface area contributed by atoms with Gasteiger partial charge in [-0.2, -0.15) is 0 Å². The summed E-state index contributed by atoms with van der Waals surface area (Å²) in [5.41, 5.74) is 0.935. The molecule has 0 saturated carbocycles. The molecule has 3 rings (SSSR count). The number of likely N-dealkylation sites (tertiary alicyclic amines) is 1. The van der Waals surface area contributed by atoms with Gasteiger partial charge >= 0.3 is 0 Å². The Hall–Kier alpha value is -1.24. The van der Waals surface area contributed by atoms with Crippen LogP contribution in [0.3, 0.4) is 0 Å². The number of likely N-dealkylation sites (N-methyl/N-ethyl adjacent to an activating group) is 1. The van der Waals surface area contributed by atoms with E-state index in [9.17, 15) is 0 Å². The van der Waals surface area contributed by atoms with Gasteiger partial charge in [-0.05, 0) is 54.5 Å². The predicted octanol–water partition coefficient (Wildman–Crippen LogP) is 2.68. The number of aromatic nitrogens is 2. The molecule has 5 nitrogen and oxygen atoms in total. The van der Waals surface area contributed by atoms with E-state index in [1.165, 1.54) is 12.8 Å². The SMILES string of the molecule is CNCC1CCCN1Cc1nnc(-c2ccccc2Br)o1. The molecule has 1 unspecified atom stereocenters. The smallest absolute Gasteiger partial charge is 0.248 e. The van der Waals surface area contributed by atoms with Crippen LogP contribution in [0.5, 0.6) is 0 Å². The maximum Gasteiger partial charge on any atom is 0.248 e. The van der Waals surface area contributed by atoms with Crippen LogP contribution in [0.1, 0.15) is 18.7 Å². The second-order valence-corrected chi connectivity index (χ2v) is 6.16. The highest BCUT2D eigenvalue weighted by atomic mass is 79.9. The number of nitrogens with zero attached hydrogens (tertiary/aromatic N) is 3. The van der Waals surface area contributed by atoms with Crippen molar-refractivity contribution in [1.82, 2.24) is 20.4 Å². The molecular formula is C15H19BrN4O. The molecule has 6 heteroatoms. The Labute approximate surface area is 132 Å². The molecule has 0 spiro atoms. The summed E-state index contributed by atoms with van der Waals surface area (Å²) in [6.07, 6.45) is 2.46. The summed E-state index contributed by atoms with van der Waals surface area (Å²) < 4.78 is 6.79. The molecule has 1 aliphatic rings. The lowest BCUT2D eigenvalue weighted by molar-refractivity contribution is 0.220. The lowest BCUT2D eigenvalue weighted by Gasteiger charge is -2.22. The number of hydrogen-bond acceptors (Lipinski definition) is 5. The minimum absolute atomic E-state index is 0.564. The lowest BCUT2D eigenvalue weighted by Crippen LogP contribution is -2.36. The van der Waals surface area contributed by atoms with E-state index in [2.05, 4.69) is 36.3 Å². The van der Waals surface area contributed by atoms with Gasteiger partial charge in [0.2, 0.25) is 11.8 Å². The van der Waals surface area contributed by atoms with Crippen molar-refractivity contribution >= 4 is 15.9 Å².